The van der Waals surface area contributed by atoms with E-state index in [0.29, 0.717) is 51.1 Å². The molecule has 2 saturated heterocycles. The minimum atomic E-state index is -4.69. The second-order valence-corrected chi connectivity index (χ2v) is 9.00. The number of benzene rings is 2. The van der Waals surface area contributed by atoms with Crippen LogP contribution in [-0.4, -0.2) is 68.6 Å². The van der Waals surface area contributed by atoms with Crippen molar-refractivity contribution in [2.24, 2.45) is 0 Å². The van der Waals surface area contributed by atoms with Crippen molar-refractivity contribution in [2.45, 2.75) is 31.5 Å². The first-order chi connectivity index (χ1) is 17.7. The molecule has 2 aromatic carbocycles. The van der Waals surface area contributed by atoms with Crippen LogP contribution in [0.25, 0.3) is 0 Å². The van der Waals surface area contributed by atoms with Gasteiger partial charge in [-0.3, -0.25) is 9.80 Å². The van der Waals surface area contributed by atoms with Gasteiger partial charge in [0, 0.05) is 19.6 Å². The second-order valence-electron chi connectivity index (χ2n) is 9.00. The molecule has 0 aliphatic carbocycles. The average molecular weight is 525 g/mol. The number of alkyl halides is 3. The number of rotatable bonds is 6. The summed E-state index contributed by atoms with van der Waals surface area (Å²) in [5.41, 5.74) is -0.338. The lowest BCUT2D eigenvalue weighted by molar-refractivity contribution is -0.228. The molecule has 0 spiro atoms. The summed E-state index contributed by atoms with van der Waals surface area (Å²) in [7, 11) is 0. The molecule has 200 valence electrons. The average Bonchev–Trinajstić information content (AvgIpc) is 2.87. The van der Waals surface area contributed by atoms with E-state index in [-0.39, 0.29) is 5.56 Å². The van der Waals surface area contributed by atoms with E-state index in [0.717, 1.165) is 25.2 Å². The van der Waals surface area contributed by atoms with Gasteiger partial charge in [0.2, 0.25) is 0 Å². The van der Waals surface area contributed by atoms with E-state index in [4.69, 9.17) is 14.2 Å². The Kier molecular flexibility index (Phi) is 9.16. The lowest BCUT2D eigenvalue weighted by atomic mass is 10.0. The molecule has 10 heteroatoms. The van der Waals surface area contributed by atoms with Gasteiger partial charge in [-0.1, -0.05) is 24.0 Å². The maximum absolute atomic E-state index is 14.0. The van der Waals surface area contributed by atoms with Gasteiger partial charge in [0.25, 0.3) is 0 Å². The molecule has 3 atom stereocenters. The Morgan fingerprint density at radius 1 is 0.946 bits per heavy atom. The number of ether oxygens (including phenoxy) is 3. The Morgan fingerprint density at radius 2 is 1.65 bits per heavy atom. The van der Waals surface area contributed by atoms with Gasteiger partial charge >= 0.3 is 6.18 Å². The van der Waals surface area contributed by atoms with Gasteiger partial charge in [-0.2, -0.15) is 13.2 Å². The molecule has 2 aliphatic heterocycles. The van der Waals surface area contributed by atoms with Gasteiger partial charge in [-0.15, -0.1) is 0 Å². The summed E-state index contributed by atoms with van der Waals surface area (Å²) in [6.07, 6.45) is -6.49. The SMILES string of the molecule is C[C@@H](OC1OCCN(CC#CCN2CCOCC2)C1c1ccc(F)cc1)c1cc(F)cc(C(F)(F)F)c1. The first-order valence-electron chi connectivity index (χ1n) is 12.1. The van der Waals surface area contributed by atoms with Crippen LogP contribution in [0.4, 0.5) is 22.0 Å². The van der Waals surface area contributed by atoms with Gasteiger partial charge in [0.1, 0.15) is 11.6 Å². The number of morpholine rings is 2. The second kappa shape index (κ2) is 12.3. The minimum Gasteiger partial charge on any atom is -0.379 e. The van der Waals surface area contributed by atoms with Crippen molar-refractivity contribution in [1.82, 2.24) is 9.80 Å². The summed E-state index contributed by atoms with van der Waals surface area (Å²) >= 11 is 0. The molecular weight excluding hydrogens is 495 g/mol. The normalized spacial score (nSPS) is 22.3. The summed E-state index contributed by atoms with van der Waals surface area (Å²) in [5, 5.41) is 0. The van der Waals surface area contributed by atoms with Crippen LogP contribution < -0.4 is 0 Å². The fourth-order valence-electron chi connectivity index (χ4n) is 4.38. The van der Waals surface area contributed by atoms with Crippen LogP contribution in [0.15, 0.2) is 42.5 Å². The molecule has 2 aromatic rings. The van der Waals surface area contributed by atoms with Crippen molar-refractivity contribution in [3.05, 3.63) is 70.8 Å². The van der Waals surface area contributed by atoms with Gasteiger partial charge < -0.3 is 14.2 Å². The fraction of sp³-hybridized carbons (Fsp3) is 0.481. The zero-order chi connectivity index (χ0) is 26.4. The van der Waals surface area contributed by atoms with E-state index < -0.39 is 41.8 Å². The molecular formula is C27H29F5N2O3. The van der Waals surface area contributed by atoms with Crippen LogP contribution in [-0.2, 0) is 20.4 Å². The molecule has 2 aliphatic rings. The molecule has 0 aromatic heterocycles. The number of nitrogens with zero attached hydrogens (tertiary/aromatic N) is 2. The highest BCUT2D eigenvalue weighted by Crippen LogP contribution is 2.36. The molecule has 0 bridgehead atoms. The fourth-order valence-corrected chi connectivity index (χ4v) is 4.38. The standard InChI is InChI=1S/C27H29F5N2O3/c1-19(21-16-22(27(30,31)32)18-24(29)17-21)37-26-25(20-4-6-23(28)7-5-20)34(12-15-36-26)9-3-2-8-33-10-13-35-14-11-33/h4-7,16-19,25-26H,8-15H2,1H3/t19-,25?,26?/m1/s1. The summed E-state index contributed by atoms with van der Waals surface area (Å²) in [4.78, 5) is 4.24. The van der Waals surface area contributed by atoms with E-state index in [1.165, 1.54) is 12.1 Å². The van der Waals surface area contributed by atoms with E-state index >= 15 is 0 Å². The third-order valence-corrected chi connectivity index (χ3v) is 6.39. The third-order valence-electron chi connectivity index (χ3n) is 6.39. The van der Waals surface area contributed by atoms with Gasteiger partial charge in [0.05, 0.1) is 50.6 Å². The summed E-state index contributed by atoms with van der Waals surface area (Å²) in [6, 6.07) is 7.74. The zero-order valence-corrected chi connectivity index (χ0v) is 20.4. The largest absolute Gasteiger partial charge is 0.416 e. The van der Waals surface area contributed by atoms with Crippen LogP contribution >= 0.6 is 0 Å². The molecule has 0 amide bonds. The van der Waals surface area contributed by atoms with E-state index in [1.54, 1.807) is 19.1 Å². The highest BCUT2D eigenvalue weighted by atomic mass is 19.4. The van der Waals surface area contributed by atoms with Gasteiger partial charge in [0.15, 0.2) is 6.29 Å². The topological polar surface area (TPSA) is 34.2 Å². The number of halogens is 5. The Hall–Kier alpha value is -2.55. The predicted octanol–water partition coefficient (Wildman–Crippen LogP) is 4.80. The van der Waals surface area contributed by atoms with E-state index in [2.05, 4.69) is 16.7 Å². The van der Waals surface area contributed by atoms with Crippen LogP contribution in [0.3, 0.4) is 0 Å². The molecule has 5 nitrogen and oxygen atoms in total. The van der Waals surface area contributed by atoms with Crippen molar-refractivity contribution in [2.75, 3.05) is 52.5 Å². The lowest BCUT2D eigenvalue weighted by Gasteiger charge is -2.41. The van der Waals surface area contributed by atoms with Gasteiger partial charge in [-0.25, -0.2) is 8.78 Å². The van der Waals surface area contributed by atoms with Crippen molar-refractivity contribution in [3.8, 4) is 11.8 Å². The molecule has 4 rings (SSSR count). The first-order valence-corrected chi connectivity index (χ1v) is 12.1. The van der Waals surface area contributed by atoms with Crippen LogP contribution in [0.1, 0.15) is 35.8 Å². The Labute approximate surface area is 213 Å². The van der Waals surface area contributed by atoms with Crippen LogP contribution in [0.5, 0.6) is 0 Å². The Morgan fingerprint density at radius 3 is 2.35 bits per heavy atom. The number of hydrogen-bond acceptors (Lipinski definition) is 5. The van der Waals surface area contributed by atoms with Gasteiger partial charge in [-0.05, 0) is 48.4 Å². The molecule has 0 N–H and O–H groups in total. The quantitative estimate of drug-likeness (QED) is 0.401. The monoisotopic (exact) mass is 524 g/mol. The van der Waals surface area contributed by atoms with Crippen molar-refractivity contribution in [3.63, 3.8) is 0 Å². The van der Waals surface area contributed by atoms with Crippen molar-refractivity contribution in [1.29, 1.82) is 0 Å². The summed E-state index contributed by atoms with van der Waals surface area (Å²) < 4.78 is 84.6. The van der Waals surface area contributed by atoms with Crippen LogP contribution in [0.2, 0.25) is 0 Å². The van der Waals surface area contributed by atoms with Crippen molar-refractivity contribution < 1.29 is 36.2 Å². The smallest absolute Gasteiger partial charge is 0.379 e. The maximum Gasteiger partial charge on any atom is 0.416 e. The maximum atomic E-state index is 14.0. The Bertz CT molecular complexity index is 1090. The highest BCUT2D eigenvalue weighted by molar-refractivity contribution is 5.28. The summed E-state index contributed by atoms with van der Waals surface area (Å²) in [6.45, 7) is 6.41. The molecule has 0 radical (unpaired) electrons. The van der Waals surface area contributed by atoms with E-state index in [1.807, 2.05) is 4.90 Å². The zero-order valence-electron chi connectivity index (χ0n) is 20.4. The lowest BCUT2D eigenvalue weighted by Crippen LogP contribution is -2.47. The molecule has 0 saturated carbocycles. The third kappa shape index (κ3) is 7.49. The Balaban J connectivity index is 1.52. The molecule has 2 unspecified atom stereocenters. The minimum absolute atomic E-state index is 0.0382. The number of hydrogen-bond donors (Lipinski definition) is 0. The van der Waals surface area contributed by atoms with E-state index in [9.17, 15) is 22.0 Å². The summed E-state index contributed by atoms with van der Waals surface area (Å²) in [5.74, 6) is 4.96. The molecule has 2 fully saturated rings. The molecule has 37 heavy (non-hydrogen) atoms. The predicted molar refractivity (Wildman–Crippen MR) is 126 cm³/mol. The highest BCUT2D eigenvalue weighted by Gasteiger charge is 2.36. The molecule has 2 heterocycles. The van der Waals surface area contributed by atoms with Crippen molar-refractivity contribution >= 4 is 0 Å². The van der Waals surface area contributed by atoms with Crippen LogP contribution in [0, 0.1) is 23.5 Å². The first kappa shape index (κ1) is 27.5.